The monoisotopic (exact) mass is 327 g/mol. The van der Waals surface area contributed by atoms with E-state index in [1.54, 1.807) is 18.2 Å². The third kappa shape index (κ3) is 2.88. The van der Waals surface area contributed by atoms with Crippen molar-refractivity contribution in [3.05, 3.63) is 41.3 Å². The van der Waals surface area contributed by atoms with Gasteiger partial charge >= 0.3 is 0 Å². The number of aryl methyl sites for hydroxylation is 1. The standard InChI is InChI=1S/C16H17N5O3/c1-9-4-12(24-20-9)5-11-7-23-8-15(11)17-16(22)10-2-3-13-14(6-10)19-21-18-13/h2-4,6,11,15H,5,7-8H2,1H3,(H,17,22)(H,18,19,21)/t11-,15+/m1/s1. The molecule has 1 saturated heterocycles. The molecule has 0 aliphatic carbocycles. The van der Waals surface area contributed by atoms with Crippen molar-refractivity contribution in [1.29, 1.82) is 0 Å². The smallest absolute Gasteiger partial charge is 0.251 e. The molecule has 2 aromatic heterocycles. The van der Waals surface area contributed by atoms with Gasteiger partial charge in [-0.1, -0.05) is 5.16 Å². The van der Waals surface area contributed by atoms with E-state index < -0.39 is 0 Å². The Morgan fingerprint density at radius 3 is 3.00 bits per heavy atom. The molecule has 1 aliphatic rings. The molecule has 2 atom stereocenters. The predicted octanol–water partition coefficient (Wildman–Crippen LogP) is 1.24. The van der Waals surface area contributed by atoms with Crippen LogP contribution in [0.15, 0.2) is 28.8 Å². The van der Waals surface area contributed by atoms with Crippen molar-refractivity contribution in [1.82, 2.24) is 25.9 Å². The molecule has 1 fully saturated rings. The largest absolute Gasteiger partial charge is 0.379 e. The van der Waals surface area contributed by atoms with E-state index in [0.717, 1.165) is 17.0 Å². The zero-order chi connectivity index (χ0) is 16.5. The summed E-state index contributed by atoms with van der Waals surface area (Å²) in [6.45, 7) is 2.97. The molecule has 0 saturated carbocycles. The van der Waals surface area contributed by atoms with Crippen LogP contribution in [-0.2, 0) is 11.2 Å². The van der Waals surface area contributed by atoms with E-state index in [1.807, 2.05) is 13.0 Å². The number of amides is 1. The molecule has 1 amide bonds. The van der Waals surface area contributed by atoms with Crippen LogP contribution in [0, 0.1) is 12.8 Å². The molecule has 8 nitrogen and oxygen atoms in total. The minimum Gasteiger partial charge on any atom is -0.379 e. The average molecular weight is 327 g/mol. The molecular formula is C16H17N5O3. The second-order valence-corrected chi connectivity index (χ2v) is 6.04. The van der Waals surface area contributed by atoms with E-state index in [4.69, 9.17) is 9.26 Å². The molecule has 4 rings (SSSR count). The number of aromatic amines is 1. The SMILES string of the molecule is Cc1cc(C[C@@H]2COC[C@@H]2NC(=O)c2ccc3n[nH]nc3c2)on1. The maximum absolute atomic E-state index is 12.5. The summed E-state index contributed by atoms with van der Waals surface area (Å²) in [6, 6.07) is 7.09. The molecule has 0 radical (unpaired) electrons. The van der Waals surface area contributed by atoms with Gasteiger partial charge in [0, 0.05) is 24.0 Å². The molecule has 24 heavy (non-hydrogen) atoms. The number of carbonyl (C=O) groups is 1. The highest BCUT2D eigenvalue weighted by atomic mass is 16.5. The van der Waals surface area contributed by atoms with Crippen molar-refractivity contribution in [3.63, 3.8) is 0 Å². The zero-order valence-corrected chi connectivity index (χ0v) is 13.2. The first-order chi connectivity index (χ1) is 11.7. The highest BCUT2D eigenvalue weighted by Gasteiger charge is 2.31. The second-order valence-electron chi connectivity index (χ2n) is 6.04. The minimum atomic E-state index is -0.144. The van der Waals surface area contributed by atoms with Crippen LogP contribution in [0.4, 0.5) is 0 Å². The Kier molecular flexibility index (Phi) is 3.73. The van der Waals surface area contributed by atoms with Crippen LogP contribution in [0.25, 0.3) is 11.0 Å². The number of ether oxygens (including phenoxy) is 1. The van der Waals surface area contributed by atoms with Crippen molar-refractivity contribution in [2.75, 3.05) is 13.2 Å². The molecule has 3 heterocycles. The molecule has 1 aromatic carbocycles. The fourth-order valence-corrected chi connectivity index (χ4v) is 2.96. The maximum atomic E-state index is 12.5. The van der Waals surface area contributed by atoms with Gasteiger partial charge in [-0.25, -0.2) is 0 Å². The van der Waals surface area contributed by atoms with Crippen LogP contribution in [-0.4, -0.2) is 45.7 Å². The summed E-state index contributed by atoms with van der Waals surface area (Å²) in [6.07, 6.45) is 0.689. The van der Waals surface area contributed by atoms with Crippen LogP contribution in [0.2, 0.25) is 0 Å². The van der Waals surface area contributed by atoms with Crippen molar-refractivity contribution in [3.8, 4) is 0 Å². The van der Waals surface area contributed by atoms with Crippen molar-refractivity contribution < 1.29 is 14.1 Å². The third-order valence-corrected chi connectivity index (χ3v) is 4.23. The van der Waals surface area contributed by atoms with Crippen LogP contribution in [0.3, 0.4) is 0 Å². The summed E-state index contributed by atoms with van der Waals surface area (Å²) in [5, 5.41) is 17.5. The fraction of sp³-hybridized carbons (Fsp3) is 0.375. The molecule has 1 aliphatic heterocycles. The van der Waals surface area contributed by atoms with Crippen LogP contribution >= 0.6 is 0 Å². The number of benzene rings is 1. The number of nitrogens with one attached hydrogen (secondary N) is 2. The highest BCUT2D eigenvalue weighted by molar-refractivity contribution is 5.97. The van der Waals surface area contributed by atoms with E-state index in [0.29, 0.717) is 30.7 Å². The minimum absolute atomic E-state index is 0.0593. The third-order valence-electron chi connectivity index (χ3n) is 4.23. The molecule has 0 spiro atoms. The lowest BCUT2D eigenvalue weighted by Crippen LogP contribution is -2.40. The Labute approximate surface area is 137 Å². The maximum Gasteiger partial charge on any atom is 0.251 e. The van der Waals surface area contributed by atoms with E-state index in [1.165, 1.54) is 0 Å². The lowest BCUT2D eigenvalue weighted by molar-refractivity contribution is 0.0924. The van der Waals surface area contributed by atoms with Gasteiger partial charge in [0.1, 0.15) is 16.8 Å². The number of fused-ring (bicyclic) bond motifs is 1. The molecule has 124 valence electrons. The van der Waals surface area contributed by atoms with Crippen molar-refractivity contribution in [2.24, 2.45) is 5.92 Å². The van der Waals surface area contributed by atoms with Gasteiger partial charge in [0.15, 0.2) is 0 Å². The normalized spacial score (nSPS) is 20.5. The summed E-state index contributed by atoms with van der Waals surface area (Å²) in [5.41, 5.74) is 2.80. The van der Waals surface area contributed by atoms with Gasteiger partial charge in [-0.05, 0) is 25.1 Å². The number of hydrogen-bond donors (Lipinski definition) is 2. The number of hydrogen-bond acceptors (Lipinski definition) is 6. The first kappa shape index (κ1) is 14.8. The Morgan fingerprint density at radius 2 is 2.17 bits per heavy atom. The van der Waals surface area contributed by atoms with Gasteiger partial charge in [-0.2, -0.15) is 15.4 Å². The van der Waals surface area contributed by atoms with E-state index in [-0.39, 0.29) is 17.9 Å². The number of H-pyrrole nitrogens is 1. The number of carbonyl (C=O) groups excluding carboxylic acids is 1. The summed E-state index contributed by atoms with van der Waals surface area (Å²) in [7, 11) is 0. The Balaban J connectivity index is 1.45. The summed E-state index contributed by atoms with van der Waals surface area (Å²) >= 11 is 0. The van der Waals surface area contributed by atoms with Gasteiger partial charge < -0.3 is 14.6 Å². The van der Waals surface area contributed by atoms with Gasteiger partial charge in [0.2, 0.25) is 0 Å². The molecular weight excluding hydrogens is 310 g/mol. The number of rotatable bonds is 4. The van der Waals surface area contributed by atoms with Crippen LogP contribution < -0.4 is 5.32 Å². The van der Waals surface area contributed by atoms with E-state index in [2.05, 4.69) is 25.9 Å². The van der Waals surface area contributed by atoms with E-state index in [9.17, 15) is 4.79 Å². The average Bonchev–Trinajstić information content (AvgIpc) is 3.29. The summed E-state index contributed by atoms with van der Waals surface area (Å²) in [5.74, 6) is 0.831. The van der Waals surface area contributed by atoms with Crippen molar-refractivity contribution >= 4 is 16.9 Å². The van der Waals surface area contributed by atoms with E-state index >= 15 is 0 Å². The quantitative estimate of drug-likeness (QED) is 0.747. The first-order valence-electron chi connectivity index (χ1n) is 7.80. The molecule has 8 heteroatoms. The lowest BCUT2D eigenvalue weighted by atomic mass is 9.98. The van der Waals surface area contributed by atoms with Crippen LogP contribution in [0.1, 0.15) is 21.8 Å². The highest BCUT2D eigenvalue weighted by Crippen LogP contribution is 2.20. The zero-order valence-electron chi connectivity index (χ0n) is 13.2. The Bertz CT molecular complexity index is 871. The fourth-order valence-electron chi connectivity index (χ4n) is 2.96. The first-order valence-corrected chi connectivity index (χ1v) is 7.80. The van der Waals surface area contributed by atoms with Gasteiger partial charge in [-0.15, -0.1) is 0 Å². The second kappa shape index (κ2) is 6.04. The molecule has 0 unspecified atom stereocenters. The number of nitrogens with zero attached hydrogens (tertiary/aromatic N) is 3. The lowest BCUT2D eigenvalue weighted by Gasteiger charge is -2.18. The van der Waals surface area contributed by atoms with Crippen LogP contribution in [0.5, 0.6) is 0 Å². The predicted molar refractivity (Wildman–Crippen MR) is 84.4 cm³/mol. The number of aromatic nitrogens is 4. The molecule has 0 bridgehead atoms. The Hall–Kier alpha value is -2.74. The Morgan fingerprint density at radius 1 is 1.29 bits per heavy atom. The molecule has 3 aromatic rings. The van der Waals surface area contributed by atoms with Gasteiger partial charge in [-0.3, -0.25) is 4.79 Å². The van der Waals surface area contributed by atoms with Gasteiger partial charge in [0.05, 0.1) is 24.9 Å². The van der Waals surface area contributed by atoms with Crippen molar-refractivity contribution in [2.45, 2.75) is 19.4 Å². The summed E-state index contributed by atoms with van der Waals surface area (Å²) in [4.78, 5) is 12.5. The summed E-state index contributed by atoms with van der Waals surface area (Å²) < 4.78 is 10.8. The molecule has 2 N–H and O–H groups in total. The topological polar surface area (TPSA) is 106 Å². The van der Waals surface area contributed by atoms with Gasteiger partial charge in [0.25, 0.3) is 5.91 Å².